The van der Waals surface area contributed by atoms with Gasteiger partial charge in [-0.1, -0.05) is 24.3 Å². The van der Waals surface area contributed by atoms with Crippen molar-refractivity contribution >= 4 is 18.0 Å². The molecule has 0 saturated heterocycles. The number of amides is 1. The van der Waals surface area contributed by atoms with Crippen LogP contribution in [-0.2, 0) is 14.3 Å². The number of esters is 1. The highest BCUT2D eigenvalue weighted by Crippen LogP contribution is 2.32. The van der Waals surface area contributed by atoms with Crippen molar-refractivity contribution in [1.29, 1.82) is 0 Å². The van der Waals surface area contributed by atoms with Gasteiger partial charge in [0.2, 0.25) is 12.7 Å². The number of ether oxygens (including phenoxy) is 3. The van der Waals surface area contributed by atoms with Crippen molar-refractivity contribution in [2.24, 2.45) is 5.41 Å². The van der Waals surface area contributed by atoms with E-state index in [4.69, 9.17) is 9.47 Å². The van der Waals surface area contributed by atoms with Crippen LogP contribution in [0.2, 0.25) is 0 Å². The van der Waals surface area contributed by atoms with Crippen LogP contribution in [0.1, 0.15) is 19.4 Å². The normalized spacial score (nSPS) is 13.5. The van der Waals surface area contributed by atoms with Gasteiger partial charge in [0.25, 0.3) is 0 Å². The lowest BCUT2D eigenvalue weighted by Gasteiger charge is -2.21. The SMILES string of the molecule is COC(=O)C(C)(C)CNC(=O)C=CC=Cc1ccc2c(c1)OCO2. The number of carbonyl (C=O) groups is 2. The van der Waals surface area contributed by atoms with Gasteiger partial charge in [-0.2, -0.15) is 0 Å². The second-order valence-corrected chi connectivity index (χ2v) is 5.92. The average Bonchev–Trinajstić information content (AvgIpc) is 3.03. The maximum absolute atomic E-state index is 11.7. The predicted molar refractivity (Wildman–Crippen MR) is 89.5 cm³/mol. The van der Waals surface area contributed by atoms with E-state index in [-0.39, 0.29) is 25.2 Å². The van der Waals surface area contributed by atoms with Crippen LogP contribution in [-0.4, -0.2) is 32.3 Å². The minimum Gasteiger partial charge on any atom is -0.469 e. The fraction of sp³-hybridized carbons (Fsp3) is 0.333. The number of methoxy groups -OCH3 is 1. The molecule has 6 heteroatoms. The highest BCUT2D eigenvalue weighted by atomic mass is 16.7. The molecule has 128 valence electrons. The summed E-state index contributed by atoms with van der Waals surface area (Å²) in [6.45, 7) is 3.87. The third-order valence-corrected chi connectivity index (χ3v) is 3.49. The van der Waals surface area contributed by atoms with E-state index in [1.807, 2.05) is 24.3 Å². The first-order chi connectivity index (χ1) is 11.4. The summed E-state index contributed by atoms with van der Waals surface area (Å²) in [4.78, 5) is 23.3. The summed E-state index contributed by atoms with van der Waals surface area (Å²) in [5.41, 5.74) is 0.178. The van der Waals surface area contributed by atoms with Gasteiger partial charge in [-0.05, 0) is 31.5 Å². The molecule has 0 saturated carbocycles. The lowest BCUT2D eigenvalue weighted by molar-refractivity contribution is -0.150. The van der Waals surface area contributed by atoms with Gasteiger partial charge in [0.1, 0.15) is 0 Å². The van der Waals surface area contributed by atoms with Crippen molar-refractivity contribution < 1.29 is 23.8 Å². The molecular formula is C18H21NO5. The second-order valence-electron chi connectivity index (χ2n) is 5.92. The summed E-state index contributed by atoms with van der Waals surface area (Å²) in [7, 11) is 1.33. The monoisotopic (exact) mass is 331 g/mol. The van der Waals surface area contributed by atoms with Crippen LogP contribution in [0.15, 0.2) is 36.4 Å². The Labute approximate surface area is 141 Å². The Bertz CT molecular complexity index is 676. The molecule has 1 aliphatic rings. The van der Waals surface area contributed by atoms with Crippen LogP contribution in [0.25, 0.3) is 6.08 Å². The van der Waals surface area contributed by atoms with E-state index in [1.54, 1.807) is 26.0 Å². The maximum Gasteiger partial charge on any atom is 0.313 e. The van der Waals surface area contributed by atoms with E-state index >= 15 is 0 Å². The standard InChI is InChI=1S/C18H21NO5/c1-18(2,17(21)22-3)11-19-16(20)7-5-4-6-13-8-9-14-15(10-13)24-12-23-14/h4-10H,11-12H2,1-3H3,(H,19,20). The second kappa shape index (κ2) is 7.68. The summed E-state index contributed by atoms with van der Waals surface area (Å²) in [5, 5.41) is 2.67. The topological polar surface area (TPSA) is 73.9 Å². The maximum atomic E-state index is 11.7. The zero-order valence-corrected chi connectivity index (χ0v) is 14.0. The van der Waals surface area contributed by atoms with Crippen LogP contribution >= 0.6 is 0 Å². The van der Waals surface area contributed by atoms with Gasteiger partial charge in [-0.25, -0.2) is 0 Å². The average molecular weight is 331 g/mol. The molecule has 0 radical (unpaired) electrons. The molecule has 1 aromatic rings. The van der Waals surface area contributed by atoms with Crippen molar-refractivity contribution in [1.82, 2.24) is 5.32 Å². The number of hydrogen-bond donors (Lipinski definition) is 1. The largest absolute Gasteiger partial charge is 0.469 e. The molecular weight excluding hydrogens is 310 g/mol. The smallest absolute Gasteiger partial charge is 0.313 e. The Morgan fingerprint density at radius 3 is 2.75 bits per heavy atom. The van der Waals surface area contributed by atoms with Crippen LogP contribution < -0.4 is 14.8 Å². The third-order valence-electron chi connectivity index (χ3n) is 3.49. The highest BCUT2D eigenvalue weighted by Gasteiger charge is 2.28. The summed E-state index contributed by atoms with van der Waals surface area (Å²) in [5.74, 6) is 0.802. The molecule has 0 bridgehead atoms. The van der Waals surface area contributed by atoms with E-state index < -0.39 is 5.41 Å². The molecule has 1 aromatic carbocycles. The Balaban J connectivity index is 1.83. The predicted octanol–water partition coefficient (Wildman–Crippen LogP) is 2.30. The molecule has 6 nitrogen and oxygen atoms in total. The van der Waals surface area contributed by atoms with Gasteiger partial charge in [0.15, 0.2) is 11.5 Å². The minimum atomic E-state index is -0.763. The van der Waals surface area contributed by atoms with Gasteiger partial charge in [0.05, 0.1) is 12.5 Å². The number of benzene rings is 1. The number of nitrogens with one attached hydrogen (secondary N) is 1. The number of carbonyl (C=O) groups excluding carboxylic acids is 2. The van der Waals surface area contributed by atoms with E-state index in [2.05, 4.69) is 10.1 Å². The fourth-order valence-corrected chi connectivity index (χ4v) is 2.04. The fourth-order valence-electron chi connectivity index (χ4n) is 2.04. The van der Waals surface area contributed by atoms with Gasteiger partial charge < -0.3 is 19.5 Å². The molecule has 0 unspecified atom stereocenters. The van der Waals surface area contributed by atoms with Crippen LogP contribution in [0, 0.1) is 5.41 Å². The summed E-state index contributed by atoms with van der Waals surface area (Å²) in [6.07, 6.45) is 6.63. The lowest BCUT2D eigenvalue weighted by Crippen LogP contribution is -2.39. The molecule has 2 rings (SSSR count). The van der Waals surface area contributed by atoms with E-state index in [9.17, 15) is 9.59 Å². The Morgan fingerprint density at radius 2 is 2.00 bits per heavy atom. The van der Waals surface area contributed by atoms with Crippen LogP contribution in [0.4, 0.5) is 0 Å². The number of hydrogen-bond acceptors (Lipinski definition) is 5. The number of allylic oxidation sites excluding steroid dienone is 2. The van der Waals surface area contributed by atoms with E-state index in [1.165, 1.54) is 13.2 Å². The minimum absolute atomic E-state index is 0.203. The van der Waals surface area contributed by atoms with E-state index in [0.717, 1.165) is 11.3 Å². The van der Waals surface area contributed by atoms with Gasteiger partial charge in [-0.3, -0.25) is 9.59 Å². The summed E-state index contributed by atoms with van der Waals surface area (Å²) < 4.78 is 15.2. The third kappa shape index (κ3) is 4.62. The van der Waals surface area contributed by atoms with Crippen molar-refractivity contribution in [2.45, 2.75) is 13.8 Å². The number of rotatable bonds is 6. The van der Waals surface area contributed by atoms with Crippen molar-refractivity contribution in [3.63, 3.8) is 0 Å². The first-order valence-corrected chi connectivity index (χ1v) is 7.53. The van der Waals surface area contributed by atoms with Crippen molar-refractivity contribution in [3.8, 4) is 11.5 Å². The quantitative estimate of drug-likeness (QED) is 0.492. The van der Waals surface area contributed by atoms with Crippen LogP contribution in [0.3, 0.4) is 0 Å². The van der Waals surface area contributed by atoms with Crippen molar-refractivity contribution in [2.75, 3.05) is 20.4 Å². The summed E-state index contributed by atoms with van der Waals surface area (Å²) >= 11 is 0. The van der Waals surface area contributed by atoms with Crippen molar-refractivity contribution in [3.05, 3.63) is 42.0 Å². The van der Waals surface area contributed by atoms with Crippen LogP contribution in [0.5, 0.6) is 11.5 Å². The molecule has 0 aromatic heterocycles. The Hall–Kier alpha value is -2.76. The molecule has 0 fully saturated rings. The molecule has 0 atom stereocenters. The Morgan fingerprint density at radius 1 is 1.25 bits per heavy atom. The number of fused-ring (bicyclic) bond motifs is 1. The molecule has 1 aliphatic heterocycles. The first kappa shape index (κ1) is 17.6. The van der Waals surface area contributed by atoms with Gasteiger partial charge >= 0.3 is 5.97 Å². The Kier molecular flexibility index (Phi) is 5.63. The molecule has 1 amide bonds. The molecule has 1 heterocycles. The molecule has 1 N–H and O–H groups in total. The highest BCUT2D eigenvalue weighted by molar-refractivity contribution is 5.88. The zero-order valence-electron chi connectivity index (χ0n) is 14.0. The van der Waals surface area contributed by atoms with E-state index in [0.29, 0.717) is 5.75 Å². The first-order valence-electron chi connectivity index (χ1n) is 7.53. The molecule has 0 aliphatic carbocycles. The van der Waals surface area contributed by atoms with Gasteiger partial charge in [-0.15, -0.1) is 0 Å². The lowest BCUT2D eigenvalue weighted by atomic mass is 9.94. The molecule has 0 spiro atoms. The zero-order chi connectivity index (χ0) is 17.6. The van der Waals surface area contributed by atoms with Gasteiger partial charge in [0, 0.05) is 12.6 Å². The molecule has 24 heavy (non-hydrogen) atoms. The summed E-state index contributed by atoms with van der Waals surface area (Å²) in [6, 6.07) is 5.61.